The van der Waals surface area contributed by atoms with Crippen LogP contribution in [0.4, 0.5) is 11.5 Å². The number of hydrogen-bond donors (Lipinski definition) is 1. The van der Waals surface area contributed by atoms with Gasteiger partial charge in [0.25, 0.3) is 0 Å². The van der Waals surface area contributed by atoms with Crippen LogP contribution >= 0.6 is 0 Å². The predicted molar refractivity (Wildman–Crippen MR) is 94.9 cm³/mol. The number of benzene rings is 2. The average Bonchev–Trinajstić information content (AvgIpc) is 3.10. The van der Waals surface area contributed by atoms with E-state index >= 15 is 0 Å². The normalized spacial score (nSPS) is 12.2. The summed E-state index contributed by atoms with van der Waals surface area (Å²) in [5, 5.41) is 18.7. The van der Waals surface area contributed by atoms with Crippen LogP contribution in [0.15, 0.2) is 71.6 Å². The molecule has 7 nitrogen and oxygen atoms in total. The Morgan fingerprint density at radius 2 is 1.88 bits per heavy atom. The summed E-state index contributed by atoms with van der Waals surface area (Å²) >= 11 is 0. The van der Waals surface area contributed by atoms with Crippen molar-refractivity contribution in [3.05, 3.63) is 72.3 Å². The zero-order valence-electron chi connectivity index (χ0n) is 13.1. The van der Waals surface area contributed by atoms with E-state index in [-0.39, 0.29) is 0 Å². The zero-order chi connectivity index (χ0) is 17.1. The number of nitrogens with one attached hydrogen (secondary N) is 1. The molecule has 0 saturated heterocycles. The smallest absolute Gasteiger partial charge is 0.200 e. The lowest BCUT2D eigenvalue weighted by atomic mass is 10.2. The Hall–Kier alpha value is -3.13. The number of rotatable bonds is 5. The lowest BCUT2D eigenvalue weighted by Crippen LogP contribution is -2.01. The minimum Gasteiger partial charge on any atom is -0.339 e. The number of fused-ring (bicyclic) bond motifs is 1. The Bertz CT molecular complexity index is 1030. The van der Waals surface area contributed by atoms with Crippen LogP contribution in [-0.4, -0.2) is 29.5 Å². The van der Waals surface area contributed by atoms with E-state index in [9.17, 15) is 4.21 Å². The van der Waals surface area contributed by atoms with Gasteiger partial charge in [-0.1, -0.05) is 30.3 Å². The van der Waals surface area contributed by atoms with E-state index in [1.165, 1.54) is 4.63 Å². The van der Waals surface area contributed by atoms with Gasteiger partial charge in [0.1, 0.15) is 0 Å². The molecule has 0 aliphatic carbocycles. The van der Waals surface area contributed by atoms with E-state index in [1.54, 1.807) is 12.1 Å². The molecule has 2 aromatic heterocycles. The highest BCUT2D eigenvalue weighted by Crippen LogP contribution is 2.18. The molecule has 4 rings (SSSR count). The molecule has 0 radical (unpaired) electrons. The lowest BCUT2D eigenvalue weighted by Gasteiger charge is -2.08. The van der Waals surface area contributed by atoms with Gasteiger partial charge in [0.05, 0.1) is 16.6 Å². The maximum absolute atomic E-state index is 12.5. The van der Waals surface area contributed by atoms with Gasteiger partial charge >= 0.3 is 0 Å². The summed E-state index contributed by atoms with van der Waals surface area (Å²) in [7, 11) is -1.08. The molecule has 1 atom stereocenters. The Balaban J connectivity index is 1.52. The predicted octanol–water partition coefficient (Wildman–Crippen LogP) is 2.57. The van der Waals surface area contributed by atoms with Gasteiger partial charge in [0.15, 0.2) is 11.5 Å². The largest absolute Gasteiger partial charge is 0.339 e. The van der Waals surface area contributed by atoms with Crippen molar-refractivity contribution in [2.75, 3.05) is 5.32 Å². The maximum Gasteiger partial charge on any atom is 0.200 e. The second kappa shape index (κ2) is 6.78. The molecule has 25 heavy (non-hydrogen) atoms. The summed E-state index contributed by atoms with van der Waals surface area (Å²) in [5.41, 5.74) is 2.43. The second-order valence-corrected chi connectivity index (χ2v) is 6.82. The van der Waals surface area contributed by atoms with Gasteiger partial charge in [-0.05, 0) is 52.4 Å². The van der Waals surface area contributed by atoms with E-state index in [4.69, 9.17) is 0 Å². The van der Waals surface area contributed by atoms with Crippen molar-refractivity contribution >= 4 is 28.0 Å². The SMILES string of the molecule is O=S(Cc1cccc(Nc2ccc3nnnn3n2)c1)c1ccccc1. The van der Waals surface area contributed by atoms with Crippen LogP contribution < -0.4 is 5.32 Å². The van der Waals surface area contributed by atoms with Gasteiger partial charge in [-0.3, -0.25) is 4.21 Å². The number of anilines is 2. The highest BCUT2D eigenvalue weighted by molar-refractivity contribution is 7.84. The topological polar surface area (TPSA) is 85.1 Å². The minimum atomic E-state index is -1.08. The molecular formula is C17H14N6OS. The van der Waals surface area contributed by atoms with Gasteiger partial charge in [-0.2, -0.15) is 0 Å². The third-order valence-corrected chi connectivity index (χ3v) is 4.97. The van der Waals surface area contributed by atoms with Crippen LogP contribution in [0.25, 0.3) is 5.65 Å². The second-order valence-electron chi connectivity index (χ2n) is 5.37. The van der Waals surface area contributed by atoms with E-state index in [2.05, 4.69) is 25.9 Å². The first kappa shape index (κ1) is 15.4. The van der Waals surface area contributed by atoms with E-state index in [0.29, 0.717) is 17.2 Å². The van der Waals surface area contributed by atoms with Crippen molar-refractivity contribution in [1.29, 1.82) is 0 Å². The van der Waals surface area contributed by atoms with Crippen LogP contribution in [-0.2, 0) is 16.6 Å². The Kier molecular flexibility index (Phi) is 4.17. The lowest BCUT2D eigenvalue weighted by molar-refractivity contribution is 0.682. The molecule has 124 valence electrons. The Labute approximate surface area is 146 Å². The third kappa shape index (κ3) is 3.53. The van der Waals surface area contributed by atoms with Gasteiger partial charge in [0.2, 0.25) is 0 Å². The number of nitrogens with zero attached hydrogens (tertiary/aromatic N) is 5. The highest BCUT2D eigenvalue weighted by atomic mass is 32.2. The zero-order valence-corrected chi connectivity index (χ0v) is 13.9. The summed E-state index contributed by atoms with van der Waals surface area (Å²) in [6.07, 6.45) is 0. The molecule has 8 heteroatoms. The summed E-state index contributed by atoms with van der Waals surface area (Å²) in [5.74, 6) is 1.08. The van der Waals surface area contributed by atoms with Gasteiger partial charge in [-0.25, -0.2) is 0 Å². The van der Waals surface area contributed by atoms with Crippen molar-refractivity contribution in [3.63, 3.8) is 0 Å². The molecule has 0 aliphatic heterocycles. The molecule has 0 spiro atoms. The van der Waals surface area contributed by atoms with Crippen LogP contribution in [0.3, 0.4) is 0 Å². The average molecular weight is 350 g/mol. The Morgan fingerprint density at radius 3 is 2.76 bits per heavy atom. The fraction of sp³-hybridized carbons (Fsp3) is 0.0588. The maximum atomic E-state index is 12.5. The van der Waals surface area contributed by atoms with Gasteiger partial charge < -0.3 is 5.32 Å². The van der Waals surface area contributed by atoms with Crippen molar-refractivity contribution < 1.29 is 4.21 Å². The standard InChI is InChI=1S/C17H14N6OS/c24-25(15-7-2-1-3-8-15)12-13-5-4-6-14(11-13)18-16-9-10-17-19-21-22-23(17)20-16/h1-11H,12H2,(H,18,20). The number of aromatic nitrogens is 5. The van der Waals surface area contributed by atoms with E-state index in [1.807, 2.05) is 54.6 Å². The van der Waals surface area contributed by atoms with Crippen LogP contribution in [0.5, 0.6) is 0 Å². The molecule has 1 unspecified atom stereocenters. The number of hydrogen-bond acceptors (Lipinski definition) is 6. The molecule has 1 N–H and O–H groups in total. The van der Waals surface area contributed by atoms with Crippen LogP contribution in [0.2, 0.25) is 0 Å². The van der Waals surface area contributed by atoms with Crippen molar-refractivity contribution in [2.24, 2.45) is 0 Å². The first-order valence-electron chi connectivity index (χ1n) is 7.63. The Morgan fingerprint density at radius 1 is 1.00 bits per heavy atom. The van der Waals surface area contributed by atoms with Gasteiger partial charge in [-0.15, -0.1) is 14.8 Å². The minimum absolute atomic E-state index is 0.457. The third-order valence-electron chi connectivity index (χ3n) is 3.57. The molecule has 0 saturated carbocycles. The van der Waals surface area contributed by atoms with Crippen molar-refractivity contribution in [1.82, 2.24) is 25.3 Å². The summed E-state index contributed by atoms with van der Waals surface area (Å²) in [6.45, 7) is 0. The van der Waals surface area contributed by atoms with Crippen LogP contribution in [0.1, 0.15) is 5.56 Å². The molecule has 2 aromatic carbocycles. The number of tetrazole rings is 1. The van der Waals surface area contributed by atoms with Crippen molar-refractivity contribution in [3.8, 4) is 0 Å². The molecular weight excluding hydrogens is 336 g/mol. The summed E-state index contributed by atoms with van der Waals surface area (Å²) in [4.78, 5) is 0.826. The first-order chi connectivity index (χ1) is 12.3. The first-order valence-corrected chi connectivity index (χ1v) is 8.95. The van der Waals surface area contributed by atoms with Crippen LogP contribution in [0, 0.1) is 0 Å². The molecule has 4 aromatic rings. The fourth-order valence-corrected chi connectivity index (χ4v) is 3.52. The highest BCUT2D eigenvalue weighted by Gasteiger charge is 2.06. The molecule has 0 amide bonds. The fourth-order valence-electron chi connectivity index (χ4n) is 2.41. The summed E-state index contributed by atoms with van der Waals surface area (Å²) in [6, 6.07) is 20.8. The van der Waals surface area contributed by atoms with Gasteiger partial charge in [0, 0.05) is 10.6 Å². The van der Waals surface area contributed by atoms with E-state index in [0.717, 1.165) is 16.1 Å². The molecule has 0 fully saturated rings. The molecule has 0 aliphatic rings. The quantitative estimate of drug-likeness (QED) is 0.595. The molecule has 2 heterocycles. The molecule has 0 bridgehead atoms. The van der Waals surface area contributed by atoms with Crippen molar-refractivity contribution in [2.45, 2.75) is 10.6 Å². The monoisotopic (exact) mass is 350 g/mol. The van der Waals surface area contributed by atoms with E-state index < -0.39 is 10.8 Å². The summed E-state index contributed by atoms with van der Waals surface area (Å²) < 4.78 is 13.8.